The molecule has 1 atom stereocenters. The van der Waals surface area contributed by atoms with Crippen molar-refractivity contribution in [1.82, 2.24) is 0 Å². The number of rotatable bonds is 2. The SMILES string of the molecule is O=C=NC(F)c1cc2c(cc1Br)OCO2. The molecule has 2 rings (SSSR count). The molecule has 0 saturated carbocycles. The molecule has 0 bridgehead atoms. The Labute approximate surface area is 92.8 Å². The van der Waals surface area contributed by atoms with Gasteiger partial charge in [0.2, 0.25) is 19.2 Å². The van der Waals surface area contributed by atoms with Crippen molar-refractivity contribution in [3.05, 3.63) is 22.2 Å². The van der Waals surface area contributed by atoms with Crippen molar-refractivity contribution in [2.24, 2.45) is 4.99 Å². The van der Waals surface area contributed by atoms with Crippen molar-refractivity contribution in [2.75, 3.05) is 6.79 Å². The Morgan fingerprint density at radius 1 is 1.47 bits per heavy atom. The predicted molar refractivity (Wildman–Crippen MR) is 52.2 cm³/mol. The quantitative estimate of drug-likeness (QED) is 0.473. The number of alkyl halides is 1. The minimum absolute atomic E-state index is 0.110. The normalized spacial score (nSPS) is 14.5. The molecule has 0 aliphatic carbocycles. The third-order valence-electron chi connectivity index (χ3n) is 1.91. The molecule has 0 N–H and O–H groups in total. The lowest BCUT2D eigenvalue weighted by Crippen LogP contribution is -1.93. The highest BCUT2D eigenvalue weighted by Crippen LogP contribution is 2.39. The molecule has 0 spiro atoms. The van der Waals surface area contributed by atoms with Crippen LogP contribution in [0.15, 0.2) is 21.6 Å². The Hall–Kier alpha value is -1.39. The number of nitrogens with zero attached hydrogens (tertiary/aromatic N) is 1. The molecule has 0 aromatic heterocycles. The number of halogens is 2. The van der Waals surface area contributed by atoms with Crippen LogP contribution in [0.25, 0.3) is 0 Å². The van der Waals surface area contributed by atoms with Gasteiger partial charge >= 0.3 is 0 Å². The molecule has 1 aromatic carbocycles. The van der Waals surface area contributed by atoms with Gasteiger partial charge in [-0.1, -0.05) is 15.9 Å². The zero-order valence-corrected chi connectivity index (χ0v) is 8.95. The topological polar surface area (TPSA) is 47.9 Å². The summed E-state index contributed by atoms with van der Waals surface area (Å²) in [6, 6.07) is 3.02. The van der Waals surface area contributed by atoms with Gasteiger partial charge in [-0.2, -0.15) is 4.99 Å². The van der Waals surface area contributed by atoms with Crippen LogP contribution in [0.2, 0.25) is 0 Å². The predicted octanol–water partition coefficient (Wildman–Crippen LogP) is 2.48. The average molecular weight is 274 g/mol. The maximum Gasteiger partial charge on any atom is 0.238 e. The maximum atomic E-state index is 13.3. The molecule has 0 saturated heterocycles. The van der Waals surface area contributed by atoms with Crippen molar-refractivity contribution in [3.63, 3.8) is 0 Å². The Bertz CT molecular complexity index is 445. The minimum atomic E-state index is -1.74. The molecule has 6 heteroatoms. The molecular weight excluding hydrogens is 269 g/mol. The lowest BCUT2D eigenvalue weighted by molar-refractivity contribution is 0.174. The summed E-state index contributed by atoms with van der Waals surface area (Å²) in [7, 11) is 0. The lowest BCUT2D eigenvalue weighted by atomic mass is 10.2. The lowest BCUT2D eigenvalue weighted by Gasteiger charge is -2.05. The van der Waals surface area contributed by atoms with E-state index in [4.69, 9.17) is 9.47 Å². The van der Waals surface area contributed by atoms with Crippen molar-refractivity contribution in [3.8, 4) is 11.5 Å². The van der Waals surface area contributed by atoms with Gasteiger partial charge in [-0.3, -0.25) is 0 Å². The summed E-state index contributed by atoms with van der Waals surface area (Å²) in [5.74, 6) is 0.977. The van der Waals surface area contributed by atoms with Gasteiger partial charge in [0.15, 0.2) is 11.5 Å². The fourth-order valence-electron chi connectivity index (χ4n) is 1.23. The Morgan fingerprint density at radius 3 is 2.80 bits per heavy atom. The second kappa shape index (κ2) is 4.00. The first-order chi connectivity index (χ1) is 7.22. The van der Waals surface area contributed by atoms with Gasteiger partial charge in [0.1, 0.15) is 0 Å². The van der Waals surface area contributed by atoms with E-state index in [0.717, 1.165) is 0 Å². The molecule has 1 aliphatic heterocycles. The first-order valence-corrected chi connectivity index (χ1v) is 4.82. The monoisotopic (exact) mass is 273 g/mol. The summed E-state index contributed by atoms with van der Waals surface area (Å²) < 4.78 is 23.9. The Balaban J connectivity index is 2.44. The van der Waals surface area contributed by atoms with Gasteiger partial charge in [-0.15, -0.1) is 0 Å². The van der Waals surface area contributed by atoms with Crippen LogP contribution >= 0.6 is 15.9 Å². The average Bonchev–Trinajstić information content (AvgIpc) is 2.63. The highest BCUT2D eigenvalue weighted by Gasteiger charge is 2.20. The molecule has 1 heterocycles. The summed E-state index contributed by atoms with van der Waals surface area (Å²) in [5.41, 5.74) is 0.211. The zero-order chi connectivity index (χ0) is 10.8. The molecule has 1 aromatic rings. The highest BCUT2D eigenvalue weighted by atomic mass is 79.9. The van der Waals surface area contributed by atoms with Gasteiger partial charge in [-0.25, -0.2) is 9.18 Å². The van der Waals surface area contributed by atoms with E-state index >= 15 is 0 Å². The van der Waals surface area contributed by atoms with Crippen molar-refractivity contribution in [2.45, 2.75) is 6.30 Å². The molecule has 78 valence electrons. The fourth-order valence-corrected chi connectivity index (χ4v) is 1.74. The maximum absolute atomic E-state index is 13.3. The summed E-state index contributed by atoms with van der Waals surface area (Å²) in [6.45, 7) is 0.110. The number of carbonyl (C=O) groups excluding carboxylic acids is 1. The number of fused-ring (bicyclic) bond motifs is 1. The zero-order valence-electron chi connectivity index (χ0n) is 7.37. The first-order valence-electron chi connectivity index (χ1n) is 4.02. The van der Waals surface area contributed by atoms with Gasteiger partial charge in [0.25, 0.3) is 0 Å². The third-order valence-corrected chi connectivity index (χ3v) is 2.60. The molecule has 0 fully saturated rings. The van der Waals surface area contributed by atoms with Crippen LogP contribution < -0.4 is 9.47 Å². The first kappa shape index (κ1) is 10.1. The number of aliphatic imine (C=N–C) groups is 1. The van der Waals surface area contributed by atoms with Crippen LogP contribution in [0.1, 0.15) is 11.9 Å². The molecular formula is C9H5BrFNO3. The number of benzene rings is 1. The van der Waals surface area contributed by atoms with Gasteiger partial charge in [0, 0.05) is 10.0 Å². The second-order valence-electron chi connectivity index (χ2n) is 2.78. The van der Waals surface area contributed by atoms with E-state index in [-0.39, 0.29) is 12.4 Å². The molecule has 15 heavy (non-hydrogen) atoms. The van der Waals surface area contributed by atoms with E-state index in [1.165, 1.54) is 12.1 Å². The summed E-state index contributed by atoms with van der Waals surface area (Å²) in [6.07, 6.45) is -0.576. The minimum Gasteiger partial charge on any atom is -0.454 e. The second-order valence-corrected chi connectivity index (χ2v) is 3.64. The van der Waals surface area contributed by atoms with Crippen molar-refractivity contribution >= 4 is 22.0 Å². The van der Waals surface area contributed by atoms with Crippen LogP contribution in [-0.2, 0) is 4.79 Å². The van der Waals surface area contributed by atoms with Crippen LogP contribution in [-0.4, -0.2) is 12.9 Å². The van der Waals surface area contributed by atoms with Gasteiger partial charge in [0.05, 0.1) is 0 Å². The van der Waals surface area contributed by atoms with Crippen LogP contribution in [0.4, 0.5) is 4.39 Å². The molecule has 1 aliphatic rings. The van der Waals surface area contributed by atoms with E-state index < -0.39 is 6.30 Å². The molecule has 0 radical (unpaired) electrons. The smallest absolute Gasteiger partial charge is 0.238 e. The Kier molecular flexibility index (Phi) is 2.70. The van der Waals surface area contributed by atoms with Gasteiger partial charge < -0.3 is 9.47 Å². The molecule has 0 amide bonds. The number of hydrogen-bond acceptors (Lipinski definition) is 4. The standard InChI is InChI=1S/C9H5BrFNO3/c10-6-2-8-7(14-4-15-8)1-5(6)9(11)12-3-13/h1-2,9H,4H2. The summed E-state index contributed by atoms with van der Waals surface area (Å²) in [4.78, 5) is 12.9. The molecule has 1 unspecified atom stereocenters. The van der Waals surface area contributed by atoms with E-state index in [0.29, 0.717) is 16.0 Å². The van der Waals surface area contributed by atoms with Crippen LogP contribution in [0.3, 0.4) is 0 Å². The van der Waals surface area contributed by atoms with Crippen molar-refractivity contribution in [1.29, 1.82) is 0 Å². The van der Waals surface area contributed by atoms with E-state index in [1.54, 1.807) is 6.07 Å². The van der Waals surface area contributed by atoms with Gasteiger partial charge in [-0.05, 0) is 12.1 Å². The fraction of sp³-hybridized carbons (Fsp3) is 0.222. The largest absolute Gasteiger partial charge is 0.454 e. The number of ether oxygens (including phenoxy) is 2. The number of hydrogen-bond donors (Lipinski definition) is 0. The summed E-state index contributed by atoms with van der Waals surface area (Å²) >= 11 is 3.16. The molecule has 4 nitrogen and oxygen atoms in total. The van der Waals surface area contributed by atoms with E-state index in [9.17, 15) is 9.18 Å². The van der Waals surface area contributed by atoms with Crippen molar-refractivity contribution < 1.29 is 18.7 Å². The van der Waals surface area contributed by atoms with E-state index in [1.807, 2.05) is 0 Å². The summed E-state index contributed by atoms with van der Waals surface area (Å²) in [5, 5.41) is 0. The van der Waals surface area contributed by atoms with Crippen LogP contribution in [0, 0.1) is 0 Å². The van der Waals surface area contributed by atoms with Crippen LogP contribution in [0.5, 0.6) is 11.5 Å². The Morgan fingerprint density at radius 2 is 2.13 bits per heavy atom. The van der Waals surface area contributed by atoms with E-state index in [2.05, 4.69) is 20.9 Å². The number of isocyanates is 1. The third kappa shape index (κ3) is 1.86. The highest BCUT2D eigenvalue weighted by molar-refractivity contribution is 9.10.